The molecular formula is C15H19Cl2N. The third-order valence-corrected chi connectivity index (χ3v) is 5.46. The maximum absolute atomic E-state index is 6.13. The topological polar surface area (TPSA) is 12.0 Å². The van der Waals surface area contributed by atoms with E-state index in [4.69, 9.17) is 23.2 Å². The van der Waals surface area contributed by atoms with Gasteiger partial charge in [0.1, 0.15) is 0 Å². The molecule has 98 valence electrons. The van der Waals surface area contributed by atoms with E-state index in [1.165, 1.54) is 31.2 Å². The lowest BCUT2D eigenvalue weighted by molar-refractivity contribution is 0.480. The van der Waals surface area contributed by atoms with Crippen LogP contribution >= 0.6 is 23.2 Å². The van der Waals surface area contributed by atoms with Crippen molar-refractivity contribution < 1.29 is 0 Å². The van der Waals surface area contributed by atoms with Gasteiger partial charge in [-0.15, -0.1) is 0 Å². The molecule has 3 atom stereocenters. The normalized spacial score (nSPS) is 31.8. The monoisotopic (exact) mass is 283 g/mol. The van der Waals surface area contributed by atoms with Gasteiger partial charge in [0.25, 0.3) is 0 Å². The zero-order valence-electron chi connectivity index (χ0n) is 10.6. The average Bonchev–Trinajstić information content (AvgIpc) is 3.09. The van der Waals surface area contributed by atoms with Gasteiger partial charge in [0.05, 0.1) is 10.0 Å². The van der Waals surface area contributed by atoms with Crippen LogP contribution in [0.2, 0.25) is 10.0 Å². The molecule has 1 aromatic carbocycles. The number of fused-ring (bicyclic) bond motifs is 1. The summed E-state index contributed by atoms with van der Waals surface area (Å²) in [5.41, 5.74) is 1.28. The molecule has 3 unspecified atom stereocenters. The number of benzene rings is 1. The van der Waals surface area contributed by atoms with Crippen molar-refractivity contribution in [2.75, 3.05) is 7.05 Å². The minimum Gasteiger partial charge on any atom is -0.313 e. The average molecular weight is 284 g/mol. The lowest BCUT2D eigenvalue weighted by Crippen LogP contribution is -2.19. The highest BCUT2D eigenvalue weighted by Gasteiger charge is 2.53. The van der Waals surface area contributed by atoms with Gasteiger partial charge in [0.2, 0.25) is 0 Å². The number of hydrogen-bond acceptors (Lipinski definition) is 1. The van der Waals surface area contributed by atoms with Crippen LogP contribution < -0.4 is 5.32 Å². The molecule has 0 aromatic heterocycles. The zero-order chi connectivity index (χ0) is 12.7. The molecule has 0 bridgehead atoms. The fourth-order valence-electron chi connectivity index (χ4n) is 3.83. The molecule has 0 spiro atoms. The Morgan fingerprint density at radius 2 is 1.78 bits per heavy atom. The molecular weight excluding hydrogens is 265 g/mol. The van der Waals surface area contributed by atoms with E-state index in [-0.39, 0.29) is 0 Å². The molecule has 1 nitrogen and oxygen atoms in total. The highest BCUT2D eigenvalue weighted by molar-refractivity contribution is 6.42. The van der Waals surface area contributed by atoms with Crippen molar-refractivity contribution in [3.8, 4) is 0 Å². The van der Waals surface area contributed by atoms with Crippen LogP contribution in [0.3, 0.4) is 0 Å². The lowest BCUT2D eigenvalue weighted by Gasteiger charge is -2.17. The highest BCUT2D eigenvalue weighted by atomic mass is 35.5. The molecule has 3 heteroatoms. The van der Waals surface area contributed by atoms with Crippen molar-refractivity contribution in [2.45, 2.75) is 31.7 Å². The molecule has 2 aliphatic carbocycles. The second-order valence-electron chi connectivity index (χ2n) is 5.63. The molecule has 0 heterocycles. The Hall–Kier alpha value is -0.240. The van der Waals surface area contributed by atoms with Crippen LogP contribution in [0.5, 0.6) is 0 Å². The summed E-state index contributed by atoms with van der Waals surface area (Å²) >= 11 is 12.1. The summed E-state index contributed by atoms with van der Waals surface area (Å²) in [5.74, 6) is 2.67. The molecule has 0 radical (unpaired) electrons. The van der Waals surface area contributed by atoms with Crippen LogP contribution in [-0.4, -0.2) is 7.05 Å². The van der Waals surface area contributed by atoms with Crippen LogP contribution in [0.4, 0.5) is 0 Å². The maximum Gasteiger partial charge on any atom is 0.0595 e. The first-order valence-corrected chi connectivity index (χ1v) is 7.60. The van der Waals surface area contributed by atoms with Crippen molar-refractivity contribution in [3.05, 3.63) is 33.8 Å². The van der Waals surface area contributed by atoms with Crippen molar-refractivity contribution in [1.29, 1.82) is 0 Å². The summed E-state index contributed by atoms with van der Waals surface area (Å²) in [5, 5.41) is 4.79. The van der Waals surface area contributed by atoms with E-state index in [1.807, 2.05) is 12.1 Å². The standard InChI is InChI=1S/C15H19Cl2N/c1-18-15(9-6-7-12(16)13(17)8-9)14-10-4-2-3-5-11(10)14/h6-8,10-11,14-15,18H,2-5H2,1H3. The van der Waals surface area contributed by atoms with Gasteiger partial charge in [-0.1, -0.05) is 42.1 Å². The largest absolute Gasteiger partial charge is 0.313 e. The first-order chi connectivity index (χ1) is 8.72. The van der Waals surface area contributed by atoms with Crippen molar-refractivity contribution >= 4 is 23.2 Å². The Kier molecular flexibility index (Phi) is 3.57. The summed E-state index contributed by atoms with van der Waals surface area (Å²) in [6.07, 6.45) is 5.65. The quantitative estimate of drug-likeness (QED) is 0.849. The van der Waals surface area contributed by atoms with Crippen molar-refractivity contribution in [2.24, 2.45) is 17.8 Å². The molecule has 0 amide bonds. The van der Waals surface area contributed by atoms with Crippen LogP contribution in [0, 0.1) is 17.8 Å². The summed E-state index contributed by atoms with van der Waals surface area (Å²) < 4.78 is 0. The first-order valence-electron chi connectivity index (χ1n) is 6.84. The Morgan fingerprint density at radius 1 is 1.11 bits per heavy atom. The molecule has 0 aliphatic heterocycles. The number of halogens is 2. The molecule has 1 N–H and O–H groups in total. The van der Waals surface area contributed by atoms with Gasteiger partial charge in [-0.2, -0.15) is 0 Å². The Balaban J connectivity index is 1.82. The smallest absolute Gasteiger partial charge is 0.0595 e. The molecule has 2 fully saturated rings. The predicted octanol–water partition coefficient (Wildman–Crippen LogP) is 4.69. The van der Waals surface area contributed by atoms with Crippen molar-refractivity contribution in [3.63, 3.8) is 0 Å². The van der Waals surface area contributed by atoms with Gasteiger partial charge in [0.15, 0.2) is 0 Å². The number of hydrogen-bond donors (Lipinski definition) is 1. The summed E-state index contributed by atoms with van der Waals surface area (Å²) in [4.78, 5) is 0. The number of nitrogens with one attached hydrogen (secondary N) is 1. The third kappa shape index (κ3) is 2.17. The molecule has 18 heavy (non-hydrogen) atoms. The Morgan fingerprint density at radius 3 is 2.33 bits per heavy atom. The third-order valence-electron chi connectivity index (χ3n) is 4.72. The van der Waals surface area contributed by atoms with Crippen LogP contribution in [0.25, 0.3) is 0 Å². The minimum atomic E-state index is 0.438. The fraction of sp³-hybridized carbons (Fsp3) is 0.600. The summed E-state index contributed by atoms with van der Waals surface area (Å²) in [6, 6.07) is 6.48. The lowest BCUT2D eigenvalue weighted by atomic mass is 10.00. The Bertz CT molecular complexity index is 434. The molecule has 2 aliphatic rings. The van der Waals surface area contributed by atoms with Crippen LogP contribution in [0.15, 0.2) is 18.2 Å². The van der Waals surface area contributed by atoms with Crippen LogP contribution in [-0.2, 0) is 0 Å². The van der Waals surface area contributed by atoms with Gasteiger partial charge in [0, 0.05) is 6.04 Å². The predicted molar refractivity (Wildman–Crippen MR) is 77.2 cm³/mol. The van der Waals surface area contributed by atoms with E-state index in [1.54, 1.807) is 0 Å². The van der Waals surface area contributed by atoms with E-state index in [0.717, 1.165) is 17.8 Å². The van der Waals surface area contributed by atoms with Gasteiger partial charge in [-0.25, -0.2) is 0 Å². The SMILES string of the molecule is CNC(c1ccc(Cl)c(Cl)c1)C1C2CCCCC21. The molecule has 2 saturated carbocycles. The van der Waals surface area contributed by atoms with Crippen LogP contribution in [0.1, 0.15) is 37.3 Å². The van der Waals surface area contributed by atoms with Gasteiger partial charge >= 0.3 is 0 Å². The van der Waals surface area contributed by atoms with E-state index in [0.29, 0.717) is 16.1 Å². The van der Waals surface area contributed by atoms with Crippen molar-refractivity contribution in [1.82, 2.24) is 5.32 Å². The van der Waals surface area contributed by atoms with E-state index in [9.17, 15) is 0 Å². The second kappa shape index (κ2) is 5.03. The minimum absolute atomic E-state index is 0.438. The fourth-order valence-corrected chi connectivity index (χ4v) is 4.14. The molecule has 0 saturated heterocycles. The summed E-state index contributed by atoms with van der Waals surface area (Å²) in [7, 11) is 2.05. The van der Waals surface area contributed by atoms with E-state index >= 15 is 0 Å². The zero-order valence-corrected chi connectivity index (χ0v) is 12.1. The second-order valence-corrected chi connectivity index (χ2v) is 6.44. The summed E-state index contributed by atoms with van der Waals surface area (Å²) in [6.45, 7) is 0. The Labute approximate surface area is 119 Å². The van der Waals surface area contributed by atoms with Gasteiger partial charge in [-0.3, -0.25) is 0 Å². The molecule has 3 rings (SSSR count). The van der Waals surface area contributed by atoms with E-state index < -0.39 is 0 Å². The van der Waals surface area contributed by atoms with Gasteiger partial charge in [-0.05, 0) is 55.3 Å². The highest BCUT2D eigenvalue weighted by Crippen LogP contribution is 2.60. The van der Waals surface area contributed by atoms with Gasteiger partial charge < -0.3 is 5.32 Å². The maximum atomic E-state index is 6.13. The number of rotatable bonds is 3. The molecule has 1 aromatic rings. The first kappa shape index (κ1) is 12.8. The van der Waals surface area contributed by atoms with E-state index in [2.05, 4.69) is 18.4 Å².